The maximum absolute atomic E-state index is 13.9. The fourth-order valence-corrected chi connectivity index (χ4v) is 3.54. The summed E-state index contributed by atoms with van der Waals surface area (Å²) < 4.78 is 51.7. The van der Waals surface area contributed by atoms with Crippen LogP contribution in [0.15, 0.2) is 63.6 Å². The van der Waals surface area contributed by atoms with E-state index >= 15 is 0 Å². The normalized spacial score (nSPS) is 13.6. The van der Waals surface area contributed by atoms with Crippen LogP contribution in [0, 0.1) is 0 Å². The van der Waals surface area contributed by atoms with E-state index in [1.165, 1.54) is 12.1 Å². The van der Waals surface area contributed by atoms with Gasteiger partial charge in [0, 0.05) is 11.1 Å². The number of nitrogens with zero attached hydrogens (tertiary/aromatic N) is 3. The average Bonchev–Trinajstić information content (AvgIpc) is 3.45. The van der Waals surface area contributed by atoms with Gasteiger partial charge in [-0.15, -0.1) is 0 Å². The van der Waals surface area contributed by atoms with E-state index in [2.05, 4.69) is 15.3 Å². The predicted octanol–water partition coefficient (Wildman–Crippen LogP) is 4.42. The Balaban J connectivity index is 1.67. The third kappa shape index (κ3) is 4.69. The van der Waals surface area contributed by atoms with Crippen LogP contribution in [0.5, 0.6) is 0 Å². The summed E-state index contributed by atoms with van der Waals surface area (Å²) in [4.78, 5) is 15.8. The fourth-order valence-electron chi connectivity index (χ4n) is 3.54. The summed E-state index contributed by atoms with van der Waals surface area (Å²) in [6.07, 6.45) is -5.37. The number of halogens is 3. The molecule has 0 aliphatic carbocycles. The molecule has 11 heteroatoms. The standard InChI is InChI=1S/C23H19F3N4O4/c1-12(31)11-16(20(27)32)13-7-9-15(10-8-13)21-28-22(34-30-21)18-17(23(24,25)26)19(33-29-18)14-5-3-2-4-6-14/h2-10,12,16,31H,11H2,1H3,(H2,27,32)/t12-,16?/m0/s1. The van der Waals surface area contributed by atoms with E-state index in [1.54, 1.807) is 49.4 Å². The zero-order valence-corrected chi connectivity index (χ0v) is 17.8. The lowest BCUT2D eigenvalue weighted by atomic mass is 9.92. The summed E-state index contributed by atoms with van der Waals surface area (Å²) in [5, 5.41) is 16.9. The average molecular weight is 472 g/mol. The summed E-state index contributed by atoms with van der Waals surface area (Å²) in [6.45, 7) is 1.55. The number of alkyl halides is 3. The van der Waals surface area contributed by atoms with Crippen LogP contribution >= 0.6 is 0 Å². The zero-order chi connectivity index (χ0) is 24.5. The molecule has 0 fully saturated rings. The Morgan fingerprint density at radius 2 is 1.71 bits per heavy atom. The number of amides is 1. The summed E-state index contributed by atoms with van der Waals surface area (Å²) in [5.41, 5.74) is 4.90. The Morgan fingerprint density at radius 3 is 2.29 bits per heavy atom. The highest BCUT2D eigenvalue weighted by Crippen LogP contribution is 2.43. The Bertz CT molecular complexity index is 1280. The summed E-state index contributed by atoms with van der Waals surface area (Å²) >= 11 is 0. The molecule has 2 aromatic heterocycles. The monoisotopic (exact) mass is 472 g/mol. The minimum Gasteiger partial charge on any atom is -0.393 e. The second kappa shape index (κ2) is 9.10. The van der Waals surface area contributed by atoms with Crippen LogP contribution in [0.25, 0.3) is 34.3 Å². The van der Waals surface area contributed by atoms with Crippen molar-refractivity contribution in [2.45, 2.75) is 31.5 Å². The molecule has 2 atom stereocenters. The molecule has 176 valence electrons. The number of hydrogen-bond acceptors (Lipinski definition) is 7. The SMILES string of the molecule is C[C@H](O)CC(C(N)=O)c1ccc(-c2noc(-c3noc(-c4ccccc4)c3C(F)(F)F)n2)cc1. The molecule has 0 radical (unpaired) electrons. The van der Waals surface area contributed by atoms with Gasteiger partial charge in [-0.3, -0.25) is 4.79 Å². The number of aromatic nitrogens is 3. The molecule has 0 saturated carbocycles. The lowest BCUT2D eigenvalue weighted by molar-refractivity contribution is -0.137. The van der Waals surface area contributed by atoms with E-state index < -0.39 is 47.0 Å². The molecule has 4 rings (SSSR count). The van der Waals surface area contributed by atoms with Crippen molar-refractivity contribution in [3.8, 4) is 34.3 Å². The first-order valence-corrected chi connectivity index (χ1v) is 10.2. The van der Waals surface area contributed by atoms with Crippen LogP contribution in [0.3, 0.4) is 0 Å². The Kier molecular flexibility index (Phi) is 6.20. The molecule has 2 aromatic carbocycles. The van der Waals surface area contributed by atoms with Crippen molar-refractivity contribution in [2.24, 2.45) is 5.73 Å². The second-order valence-electron chi connectivity index (χ2n) is 7.68. The molecule has 8 nitrogen and oxygen atoms in total. The molecule has 2 heterocycles. The van der Waals surface area contributed by atoms with Gasteiger partial charge in [0.1, 0.15) is 5.56 Å². The topological polar surface area (TPSA) is 128 Å². The number of hydrogen-bond donors (Lipinski definition) is 2. The number of aliphatic hydroxyl groups is 1. The highest BCUT2D eigenvalue weighted by molar-refractivity contribution is 5.82. The van der Waals surface area contributed by atoms with E-state index in [1.807, 2.05) is 0 Å². The number of aliphatic hydroxyl groups excluding tert-OH is 1. The minimum absolute atomic E-state index is 0.0186. The smallest absolute Gasteiger partial charge is 0.393 e. The van der Waals surface area contributed by atoms with Crippen molar-refractivity contribution in [2.75, 3.05) is 0 Å². The van der Waals surface area contributed by atoms with Crippen LogP contribution in [0.2, 0.25) is 0 Å². The number of benzene rings is 2. The van der Waals surface area contributed by atoms with Crippen LogP contribution in [-0.4, -0.2) is 32.4 Å². The zero-order valence-electron chi connectivity index (χ0n) is 17.8. The van der Waals surface area contributed by atoms with Crippen molar-refractivity contribution in [1.82, 2.24) is 15.3 Å². The molecule has 1 unspecified atom stereocenters. The maximum Gasteiger partial charge on any atom is 0.422 e. The lowest BCUT2D eigenvalue weighted by Crippen LogP contribution is -2.24. The largest absolute Gasteiger partial charge is 0.422 e. The molecule has 1 amide bonds. The molecule has 0 aliphatic rings. The van der Waals surface area contributed by atoms with Crippen molar-refractivity contribution in [1.29, 1.82) is 0 Å². The summed E-state index contributed by atoms with van der Waals surface area (Å²) in [7, 11) is 0. The van der Waals surface area contributed by atoms with Crippen molar-refractivity contribution in [3.63, 3.8) is 0 Å². The molecule has 0 spiro atoms. The van der Waals surface area contributed by atoms with Crippen LogP contribution in [0.1, 0.15) is 30.4 Å². The first-order valence-electron chi connectivity index (χ1n) is 10.2. The van der Waals surface area contributed by atoms with E-state index in [0.29, 0.717) is 11.1 Å². The number of primary amides is 1. The van der Waals surface area contributed by atoms with Crippen LogP contribution < -0.4 is 5.73 Å². The van der Waals surface area contributed by atoms with Crippen molar-refractivity contribution in [3.05, 3.63) is 65.7 Å². The molecular formula is C23H19F3N4O4. The molecule has 34 heavy (non-hydrogen) atoms. The first kappa shape index (κ1) is 23.2. The molecule has 0 saturated heterocycles. The van der Waals surface area contributed by atoms with Crippen molar-refractivity contribution >= 4 is 5.91 Å². The Morgan fingerprint density at radius 1 is 1.03 bits per heavy atom. The summed E-state index contributed by atoms with van der Waals surface area (Å²) in [5.74, 6) is -2.18. The van der Waals surface area contributed by atoms with Gasteiger partial charge < -0.3 is 19.9 Å². The number of carbonyl (C=O) groups excluding carboxylic acids is 1. The number of rotatable bonds is 7. The number of nitrogens with two attached hydrogens (primary N) is 1. The van der Waals surface area contributed by atoms with Crippen molar-refractivity contribution < 1.29 is 32.1 Å². The van der Waals surface area contributed by atoms with Crippen LogP contribution in [0.4, 0.5) is 13.2 Å². The van der Waals surface area contributed by atoms with Gasteiger partial charge in [0.2, 0.25) is 11.7 Å². The third-order valence-corrected chi connectivity index (χ3v) is 5.13. The first-order chi connectivity index (χ1) is 16.1. The molecule has 0 aliphatic heterocycles. The Hall–Kier alpha value is -3.99. The van der Waals surface area contributed by atoms with E-state index in [9.17, 15) is 23.1 Å². The van der Waals surface area contributed by atoms with Gasteiger partial charge in [-0.1, -0.05) is 64.9 Å². The van der Waals surface area contributed by atoms with E-state index in [4.69, 9.17) is 14.8 Å². The lowest BCUT2D eigenvalue weighted by Gasteiger charge is -2.15. The highest BCUT2D eigenvalue weighted by atomic mass is 19.4. The molecule has 4 aromatic rings. The van der Waals surface area contributed by atoms with E-state index in [0.717, 1.165) is 0 Å². The molecule has 3 N–H and O–H groups in total. The van der Waals surface area contributed by atoms with Gasteiger partial charge >= 0.3 is 6.18 Å². The van der Waals surface area contributed by atoms with E-state index in [-0.39, 0.29) is 17.8 Å². The quantitative estimate of drug-likeness (QED) is 0.407. The summed E-state index contributed by atoms with van der Waals surface area (Å²) in [6, 6.07) is 14.1. The van der Waals surface area contributed by atoms with Gasteiger partial charge in [-0.05, 0) is 18.9 Å². The minimum atomic E-state index is -4.79. The van der Waals surface area contributed by atoms with Crippen LogP contribution in [-0.2, 0) is 11.0 Å². The molecular weight excluding hydrogens is 453 g/mol. The predicted molar refractivity (Wildman–Crippen MR) is 114 cm³/mol. The highest BCUT2D eigenvalue weighted by Gasteiger charge is 2.42. The van der Waals surface area contributed by atoms with Gasteiger partial charge in [0.25, 0.3) is 5.89 Å². The van der Waals surface area contributed by atoms with Gasteiger partial charge in [-0.25, -0.2) is 0 Å². The van der Waals surface area contributed by atoms with Gasteiger partial charge in [-0.2, -0.15) is 18.2 Å². The maximum atomic E-state index is 13.9. The second-order valence-corrected chi connectivity index (χ2v) is 7.68. The number of carbonyl (C=O) groups is 1. The van der Waals surface area contributed by atoms with Gasteiger partial charge in [0.05, 0.1) is 12.0 Å². The fraction of sp³-hybridized carbons (Fsp3) is 0.217. The van der Waals surface area contributed by atoms with Gasteiger partial charge in [0.15, 0.2) is 11.5 Å². The molecule has 0 bridgehead atoms. The Labute approximate surface area is 191 Å². The third-order valence-electron chi connectivity index (χ3n) is 5.13.